The van der Waals surface area contributed by atoms with Gasteiger partial charge in [0.25, 0.3) is 5.91 Å². The largest absolute Gasteiger partial charge is 0.479 e. The van der Waals surface area contributed by atoms with E-state index in [0.717, 1.165) is 36.5 Å². The molecule has 1 saturated heterocycles. The Kier molecular flexibility index (Phi) is 9.79. The van der Waals surface area contributed by atoms with Gasteiger partial charge in [0.2, 0.25) is 11.8 Å². The first-order valence-electron chi connectivity index (χ1n) is 14.5. The molecule has 0 spiro atoms. The highest BCUT2D eigenvalue weighted by atomic mass is 16.4. The number of aliphatic hydroxyl groups excluding tert-OH is 1. The molecule has 0 aromatic heterocycles. The van der Waals surface area contributed by atoms with Crippen LogP contribution in [0.15, 0.2) is 42.5 Å². The number of nitrogens with zero attached hydrogens (tertiary/aromatic N) is 1. The van der Waals surface area contributed by atoms with Gasteiger partial charge in [0, 0.05) is 12.1 Å². The summed E-state index contributed by atoms with van der Waals surface area (Å²) < 4.78 is 0. The van der Waals surface area contributed by atoms with Gasteiger partial charge in [-0.05, 0) is 54.0 Å². The summed E-state index contributed by atoms with van der Waals surface area (Å²) in [6, 6.07) is 10.7. The van der Waals surface area contributed by atoms with E-state index >= 15 is 0 Å². The van der Waals surface area contributed by atoms with E-state index in [1.165, 1.54) is 11.3 Å². The molecule has 2 fully saturated rings. The molecule has 4 N–H and O–H groups in total. The lowest BCUT2D eigenvalue weighted by Gasteiger charge is -2.33. The number of amides is 3. The monoisotopic (exact) mass is 551 g/mol. The van der Waals surface area contributed by atoms with Crippen LogP contribution >= 0.6 is 0 Å². The molecule has 216 valence electrons. The Labute approximate surface area is 235 Å². The predicted molar refractivity (Wildman–Crippen MR) is 152 cm³/mol. The number of carboxylic acids is 1. The van der Waals surface area contributed by atoms with Gasteiger partial charge < -0.3 is 25.7 Å². The molecule has 2 aromatic carbocycles. The molecule has 2 aromatic rings. The summed E-state index contributed by atoms with van der Waals surface area (Å²) in [5.41, 5.74) is 0.471. The van der Waals surface area contributed by atoms with Gasteiger partial charge in [-0.1, -0.05) is 76.3 Å². The first kappa shape index (κ1) is 29.5. The Balaban J connectivity index is 1.52. The minimum absolute atomic E-state index is 0.294. The van der Waals surface area contributed by atoms with Crippen LogP contribution in [0.25, 0.3) is 10.8 Å². The highest BCUT2D eigenvalue weighted by Gasteiger charge is 2.40. The third kappa shape index (κ3) is 6.99. The van der Waals surface area contributed by atoms with Crippen LogP contribution in [0.1, 0.15) is 75.6 Å². The second-order valence-electron chi connectivity index (χ2n) is 11.6. The summed E-state index contributed by atoms with van der Waals surface area (Å²) in [5.74, 6) is -2.54. The number of hydrogen-bond donors (Lipinski definition) is 4. The van der Waals surface area contributed by atoms with Gasteiger partial charge in [-0.2, -0.15) is 0 Å². The second-order valence-corrected chi connectivity index (χ2v) is 11.6. The molecule has 1 heterocycles. The predicted octanol–water partition coefficient (Wildman–Crippen LogP) is 3.49. The SMILES string of the molecule is CC(C)C(NC(=O)[C@@H]1CCCN1C(=O)C(CC1CCCCC1)NC(=O)c1ccc2ccccc2c1)C(O)C(=O)O. The smallest absolute Gasteiger partial charge is 0.334 e. The maximum atomic E-state index is 14.0. The molecule has 3 amide bonds. The van der Waals surface area contributed by atoms with Gasteiger partial charge in [0.15, 0.2) is 6.10 Å². The molecular formula is C31H41N3O6. The zero-order valence-corrected chi connectivity index (χ0v) is 23.3. The first-order chi connectivity index (χ1) is 19.2. The van der Waals surface area contributed by atoms with Gasteiger partial charge in [-0.3, -0.25) is 14.4 Å². The molecular weight excluding hydrogens is 510 g/mol. The average Bonchev–Trinajstić information content (AvgIpc) is 3.45. The van der Waals surface area contributed by atoms with Crippen molar-refractivity contribution >= 4 is 34.5 Å². The number of carbonyl (C=O) groups is 4. The molecule has 4 rings (SSSR count). The summed E-state index contributed by atoms with van der Waals surface area (Å²) in [5, 5.41) is 27.0. The lowest BCUT2D eigenvalue weighted by molar-refractivity contribution is -0.150. The van der Waals surface area contributed by atoms with Crippen LogP contribution in [-0.4, -0.2) is 69.6 Å². The standard InChI is InChI=1S/C31H41N3O6/c1-19(2)26(27(35)31(39)40)33-29(37)25-13-8-16-34(25)30(38)24(17-20-9-4-3-5-10-20)32-28(36)23-15-14-21-11-6-7-12-22(21)18-23/h6-7,11-12,14-15,18-20,24-27,35H,3-5,8-10,13,16-17H2,1-2H3,(H,32,36)(H,33,37)(H,39,40)/t24?,25-,26?,27?/m0/s1. The van der Waals surface area contributed by atoms with Crippen molar-refractivity contribution in [2.75, 3.05) is 6.54 Å². The van der Waals surface area contributed by atoms with Crippen molar-refractivity contribution in [3.8, 4) is 0 Å². The van der Waals surface area contributed by atoms with Crippen LogP contribution in [0.4, 0.5) is 0 Å². The Hall–Kier alpha value is -3.46. The summed E-state index contributed by atoms with van der Waals surface area (Å²) in [4.78, 5) is 53.5. The Morgan fingerprint density at radius 1 is 0.925 bits per heavy atom. The fraction of sp³-hybridized carbons (Fsp3) is 0.548. The van der Waals surface area contributed by atoms with E-state index in [1.54, 1.807) is 19.9 Å². The van der Waals surface area contributed by atoms with Gasteiger partial charge >= 0.3 is 5.97 Å². The van der Waals surface area contributed by atoms with E-state index in [0.29, 0.717) is 37.3 Å². The van der Waals surface area contributed by atoms with Gasteiger partial charge in [-0.15, -0.1) is 0 Å². The number of benzene rings is 2. The summed E-state index contributed by atoms with van der Waals surface area (Å²) in [7, 11) is 0. The normalized spacial score (nSPS) is 20.2. The Morgan fingerprint density at radius 2 is 1.62 bits per heavy atom. The molecule has 3 unspecified atom stereocenters. The van der Waals surface area contributed by atoms with Crippen molar-refractivity contribution in [1.29, 1.82) is 0 Å². The zero-order valence-electron chi connectivity index (χ0n) is 23.3. The quantitative estimate of drug-likeness (QED) is 0.357. The Bertz CT molecular complexity index is 1220. The van der Waals surface area contributed by atoms with E-state index in [4.69, 9.17) is 0 Å². The van der Waals surface area contributed by atoms with Crippen molar-refractivity contribution in [1.82, 2.24) is 15.5 Å². The van der Waals surface area contributed by atoms with Crippen molar-refractivity contribution < 1.29 is 29.4 Å². The fourth-order valence-corrected chi connectivity index (χ4v) is 6.08. The van der Waals surface area contributed by atoms with E-state index in [9.17, 15) is 29.4 Å². The molecule has 1 aliphatic heterocycles. The number of aliphatic hydroxyl groups is 1. The molecule has 1 saturated carbocycles. The lowest BCUT2D eigenvalue weighted by atomic mass is 9.84. The third-order valence-electron chi connectivity index (χ3n) is 8.37. The van der Waals surface area contributed by atoms with Crippen LogP contribution in [0.3, 0.4) is 0 Å². The number of carbonyl (C=O) groups excluding carboxylic acids is 3. The fourth-order valence-electron chi connectivity index (χ4n) is 6.08. The zero-order chi connectivity index (χ0) is 28.8. The van der Waals surface area contributed by atoms with Gasteiger partial charge in [-0.25, -0.2) is 4.79 Å². The maximum absolute atomic E-state index is 14.0. The highest BCUT2D eigenvalue weighted by molar-refractivity contribution is 6.01. The molecule has 0 radical (unpaired) electrons. The summed E-state index contributed by atoms with van der Waals surface area (Å²) in [6.07, 6.45) is 5.18. The van der Waals surface area contributed by atoms with Crippen molar-refractivity contribution in [2.45, 2.75) is 89.4 Å². The van der Waals surface area contributed by atoms with Gasteiger partial charge in [0.1, 0.15) is 12.1 Å². The number of rotatable bonds is 10. The van der Waals surface area contributed by atoms with E-state index in [1.807, 2.05) is 36.4 Å². The first-order valence-corrected chi connectivity index (χ1v) is 14.5. The maximum Gasteiger partial charge on any atom is 0.334 e. The van der Waals surface area contributed by atoms with Crippen molar-refractivity contribution in [3.63, 3.8) is 0 Å². The van der Waals surface area contributed by atoms with E-state index < -0.39 is 36.1 Å². The highest BCUT2D eigenvalue weighted by Crippen LogP contribution is 2.29. The minimum Gasteiger partial charge on any atom is -0.479 e. The third-order valence-corrected chi connectivity index (χ3v) is 8.37. The Morgan fingerprint density at radius 3 is 2.30 bits per heavy atom. The van der Waals surface area contributed by atoms with Crippen molar-refractivity contribution in [2.24, 2.45) is 11.8 Å². The number of carboxylic acid groups (broad SMARTS) is 1. The van der Waals surface area contributed by atoms with E-state index in [2.05, 4.69) is 10.6 Å². The number of fused-ring (bicyclic) bond motifs is 1. The van der Waals surface area contributed by atoms with Crippen LogP contribution in [0.2, 0.25) is 0 Å². The molecule has 4 atom stereocenters. The summed E-state index contributed by atoms with van der Waals surface area (Å²) in [6.45, 7) is 3.81. The average molecular weight is 552 g/mol. The lowest BCUT2D eigenvalue weighted by Crippen LogP contribution is -2.57. The topological polar surface area (TPSA) is 136 Å². The molecule has 9 heteroatoms. The molecule has 2 aliphatic rings. The van der Waals surface area contributed by atoms with Gasteiger partial charge in [0.05, 0.1) is 6.04 Å². The van der Waals surface area contributed by atoms with Crippen LogP contribution in [0, 0.1) is 11.8 Å². The number of hydrogen-bond acceptors (Lipinski definition) is 5. The summed E-state index contributed by atoms with van der Waals surface area (Å²) >= 11 is 0. The number of nitrogens with one attached hydrogen (secondary N) is 2. The number of likely N-dealkylation sites (tertiary alicyclic amines) is 1. The van der Waals surface area contributed by atoms with Crippen LogP contribution in [0.5, 0.6) is 0 Å². The van der Waals surface area contributed by atoms with E-state index in [-0.39, 0.29) is 17.7 Å². The van der Waals surface area contributed by atoms with Crippen LogP contribution < -0.4 is 10.6 Å². The minimum atomic E-state index is -1.75. The molecule has 1 aliphatic carbocycles. The molecule has 0 bridgehead atoms. The second kappa shape index (κ2) is 13.3. The molecule has 40 heavy (non-hydrogen) atoms. The molecule has 9 nitrogen and oxygen atoms in total. The van der Waals surface area contributed by atoms with Crippen molar-refractivity contribution in [3.05, 3.63) is 48.0 Å². The van der Waals surface area contributed by atoms with Crippen LogP contribution in [-0.2, 0) is 14.4 Å². The number of aliphatic carboxylic acids is 1.